The molecule has 0 N–H and O–H groups in total. The molecule has 2 atom stereocenters. The molecule has 0 aromatic rings. The molecule has 0 amide bonds. The second-order valence-corrected chi connectivity index (χ2v) is 8.57. The molecule has 0 aliphatic carbocycles. The van der Waals surface area contributed by atoms with Crippen LogP contribution >= 0.6 is 11.8 Å². The summed E-state index contributed by atoms with van der Waals surface area (Å²) < 4.78 is 30.7. The molecule has 1 rings (SSSR count). The monoisotopic (exact) mass is 309 g/mol. The van der Waals surface area contributed by atoms with Gasteiger partial charge in [-0.3, -0.25) is 4.79 Å². The molecule has 1 fully saturated rings. The molecule has 5 nitrogen and oxygen atoms in total. The van der Waals surface area contributed by atoms with E-state index in [1.807, 2.05) is 11.8 Å². The zero-order valence-corrected chi connectivity index (χ0v) is 13.6. The Labute approximate surface area is 120 Å². The zero-order chi connectivity index (χ0) is 14.6. The summed E-state index contributed by atoms with van der Waals surface area (Å²) in [4.78, 5) is 11.3. The lowest BCUT2D eigenvalue weighted by Crippen LogP contribution is -2.45. The van der Waals surface area contributed by atoms with Gasteiger partial charge in [-0.05, 0) is 5.92 Å². The quantitative estimate of drug-likeness (QED) is 0.714. The second-order valence-electron chi connectivity index (χ2n) is 5.21. The van der Waals surface area contributed by atoms with Gasteiger partial charge in [0.2, 0.25) is 10.0 Å². The summed E-state index contributed by atoms with van der Waals surface area (Å²) in [7, 11) is -2.11. The van der Waals surface area contributed by atoms with E-state index < -0.39 is 21.9 Å². The topological polar surface area (TPSA) is 63.7 Å². The first-order valence-corrected chi connectivity index (χ1v) is 9.11. The Bertz CT molecular complexity index is 408. The standard InChI is InChI=1S/C12H23NO4S2/c1-9(2)11-7-13(5-6-18-11)19(15,16)8-10(3)12(14)17-4/h9-11H,5-8H2,1-4H3. The van der Waals surface area contributed by atoms with Gasteiger partial charge in [-0.1, -0.05) is 20.8 Å². The number of sulfonamides is 1. The first-order valence-electron chi connectivity index (χ1n) is 6.45. The molecule has 0 spiro atoms. The molecule has 19 heavy (non-hydrogen) atoms. The minimum atomic E-state index is -3.38. The molecule has 1 saturated heterocycles. The molecule has 0 radical (unpaired) electrons. The summed E-state index contributed by atoms with van der Waals surface area (Å²) >= 11 is 1.82. The minimum Gasteiger partial charge on any atom is -0.469 e. The van der Waals surface area contributed by atoms with Crippen molar-refractivity contribution in [3.8, 4) is 0 Å². The van der Waals surface area contributed by atoms with E-state index in [2.05, 4.69) is 18.6 Å². The van der Waals surface area contributed by atoms with Gasteiger partial charge in [0.15, 0.2) is 0 Å². The predicted octanol–water partition coefficient (Wildman–Crippen LogP) is 1.20. The molecule has 1 heterocycles. The third-order valence-corrected chi connectivity index (χ3v) is 6.84. The summed E-state index contributed by atoms with van der Waals surface area (Å²) in [5.74, 6) is -0.0115. The molecule has 7 heteroatoms. The van der Waals surface area contributed by atoms with Crippen molar-refractivity contribution in [1.82, 2.24) is 4.31 Å². The largest absolute Gasteiger partial charge is 0.469 e. The third kappa shape index (κ3) is 4.65. The van der Waals surface area contributed by atoms with Crippen LogP contribution in [0.3, 0.4) is 0 Å². The van der Waals surface area contributed by atoms with Crippen LogP contribution in [-0.2, 0) is 19.6 Å². The van der Waals surface area contributed by atoms with Crippen molar-refractivity contribution in [3.63, 3.8) is 0 Å². The van der Waals surface area contributed by atoms with E-state index in [1.54, 1.807) is 6.92 Å². The Hall–Kier alpha value is -0.270. The van der Waals surface area contributed by atoms with Gasteiger partial charge in [-0.25, -0.2) is 8.42 Å². The van der Waals surface area contributed by atoms with Crippen LogP contribution < -0.4 is 0 Å². The van der Waals surface area contributed by atoms with Gasteiger partial charge in [-0.2, -0.15) is 16.1 Å². The van der Waals surface area contributed by atoms with Crippen LogP contribution in [0.25, 0.3) is 0 Å². The Morgan fingerprint density at radius 3 is 2.58 bits per heavy atom. The molecule has 0 saturated carbocycles. The van der Waals surface area contributed by atoms with Crippen LogP contribution in [0, 0.1) is 11.8 Å². The number of rotatable bonds is 5. The van der Waals surface area contributed by atoms with E-state index >= 15 is 0 Å². The van der Waals surface area contributed by atoms with Crippen LogP contribution in [0.15, 0.2) is 0 Å². The Balaban J connectivity index is 2.69. The first kappa shape index (κ1) is 16.8. The SMILES string of the molecule is COC(=O)C(C)CS(=O)(=O)N1CCSC(C(C)C)C1. The molecule has 0 bridgehead atoms. The smallest absolute Gasteiger partial charge is 0.309 e. The average molecular weight is 309 g/mol. The second kappa shape index (κ2) is 6.95. The maximum Gasteiger partial charge on any atom is 0.309 e. The maximum atomic E-state index is 12.3. The number of carbonyl (C=O) groups is 1. The fourth-order valence-electron chi connectivity index (χ4n) is 2.00. The lowest BCUT2D eigenvalue weighted by molar-refractivity contribution is -0.144. The van der Waals surface area contributed by atoms with Crippen molar-refractivity contribution >= 4 is 27.8 Å². The van der Waals surface area contributed by atoms with Gasteiger partial charge in [0.1, 0.15) is 0 Å². The van der Waals surface area contributed by atoms with Crippen molar-refractivity contribution in [2.24, 2.45) is 11.8 Å². The number of thioether (sulfide) groups is 1. The van der Waals surface area contributed by atoms with E-state index in [0.717, 1.165) is 5.75 Å². The van der Waals surface area contributed by atoms with E-state index in [1.165, 1.54) is 11.4 Å². The minimum absolute atomic E-state index is 0.171. The van der Waals surface area contributed by atoms with Gasteiger partial charge in [0, 0.05) is 24.1 Å². The zero-order valence-electron chi connectivity index (χ0n) is 12.0. The van der Waals surface area contributed by atoms with Gasteiger partial charge < -0.3 is 4.74 Å². The Morgan fingerprint density at radius 2 is 2.05 bits per heavy atom. The average Bonchev–Trinajstić information content (AvgIpc) is 2.37. The molecule has 1 aliphatic heterocycles. The highest BCUT2D eigenvalue weighted by atomic mass is 32.2. The number of methoxy groups -OCH3 is 1. The number of hydrogen-bond donors (Lipinski definition) is 0. The first-order chi connectivity index (χ1) is 8.77. The molecule has 2 unspecified atom stereocenters. The fourth-order valence-corrected chi connectivity index (χ4v) is 5.24. The summed E-state index contributed by atoms with van der Waals surface area (Å²) in [6, 6.07) is 0. The summed E-state index contributed by atoms with van der Waals surface area (Å²) in [5, 5.41) is 0.331. The van der Waals surface area contributed by atoms with Crippen LogP contribution in [0.5, 0.6) is 0 Å². The molecule has 0 aromatic carbocycles. The lowest BCUT2D eigenvalue weighted by atomic mass is 10.1. The van der Waals surface area contributed by atoms with E-state index in [4.69, 9.17) is 0 Å². The van der Waals surface area contributed by atoms with Crippen LogP contribution in [0.1, 0.15) is 20.8 Å². The number of carbonyl (C=O) groups excluding carboxylic acids is 1. The van der Waals surface area contributed by atoms with Crippen molar-refractivity contribution in [2.75, 3.05) is 31.7 Å². The fraction of sp³-hybridized carbons (Fsp3) is 0.917. The highest BCUT2D eigenvalue weighted by Crippen LogP contribution is 2.27. The normalized spacial score (nSPS) is 23.3. The number of esters is 1. The molecular formula is C12H23NO4S2. The molecule has 0 aromatic heterocycles. The summed E-state index contributed by atoms with van der Waals surface area (Å²) in [6.07, 6.45) is 0. The molecular weight excluding hydrogens is 286 g/mol. The van der Waals surface area contributed by atoms with Crippen LogP contribution in [0.4, 0.5) is 0 Å². The highest BCUT2D eigenvalue weighted by molar-refractivity contribution is 8.00. The number of ether oxygens (including phenoxy) is 1. The van der Waals surface area contributed by atoms with E-state index in [0.29, 0.717) is 24.3 Å². The lowest BCUT2D eigenvalue weighted by Gasteiger charge is -2.33. The van der Waals surface area contributed by atoms with Gasteiger partial charge in [0.05, 0.1) is 18.8 Å². The van der Waals surface area contributed by atoms with E-state index in [-0.39, 0.29) is 5.75 Å². The number of nitrogens with zero attached hydrogens (tertiary/aromatic N) is 1. The van der Waals surface area contributed by atoms with Crippen LogP contribution in [-0.4, -0.2) is 55.6 Å². The highest BCUT2D eigenvalue weighted by Gasteiger charge is 2.33. The van der Waals surface area contributed by atoms with Gasteiger partial charge in [0.25, 0.3) is 0 Å². The summed E-state index contributed by atoms with van der Waals surface area (Å²) in [6.45, 7) is 6.86. The van der Waals surface area contributed by atoms with Crippen molar-refractivity contribution in [1.29, 1.82) is 0 Å². The van der Waals surface area contributed by atoms with Gasteiger partial charge in [-0.15, -0.1) is 0 Å². The molecule has 112 valence electrons. The predicted molar refractivity (Wildman–Crippen MR) is 77.6 cm³/mol. The van der Waals surface area contributed by atoms with Crippen molar-refractivity contribution < 1.29 is 17.9 Å². The third-order valence-electron chi connectivity index (χ3n) is 3.26. The van der Waals surface area contributed by atoms with Crippen molar-refractivity contribution in [3.05, 3.63) is 0 Å². The maximum absolute atomic E-state index is 12.3. The van der Waals surface area contributed by atoms with Crippen molar-refractivity contribution in [2.45, 2.75) is 26.0 Å². The Morgan fingerprint density at radius 1 is 1.42 bits per heavy atom. The van der Waals surface area contributed by atoms with E-state index in [9.17, 15) is 13.2 Å². The number of hydrogen-bond acceptors (Lipinski definition) is 5. The summed E-state index contributed by atoms with van der Waals surface area (Å²) in [5.41, 5.74) is 0. The van der Waals surface area contributed by atoms with Gasteiger partial charge >= 0.3 is 5.97 Å². The molecule has 1 aliphatic rings. The van der Waals surface area contributed by atoms with Crippen LogP contribution in [0.2, 0.25) is 0 Å². The Kier molecular flexibility index (Phi) is 6.14.